The third kappa shape index (κ3) is 2.95. The number of carbonyl (C=O) groups is 1. The second kappa shape index (κ2) is 6.13. The maximum absolute atomic E-state index is 12.6. The van der Waals surface area contributed by atoms with E-state index in [-0.39, 0.29) is 5.91 Å². The van der Waals surface area contributed by atoms with Crippen LogP contribution in [0.1, 0.15) is 25.7 Å². The van der Waals surface area contributed by atoms with Gasteiger partial charge in [-0.1, -0.05) is 12.1 Å². The molecule has 23 heavy (non-hydrogen) atoms. The monoisotopic (exact) mass is 314 g/mol. The van der Waals surface area contributed by atoms with E-state index in [0.717, 1.165) is 49.8 Å². The van der Waals surface area contributed by atoms with Crippen LogP contribution < -0.4 is 16.0 Å². The van der Waals surface area contributed by atoms with E-state index in [1.807, 2.05) is 18.2 Å². The lowest BCUT2D eigenvalue weighted by molar-refractivity contribution is -0.122. The van der Waals surface area contributed by atoms with E-state index in [0.29, 0.717) is 0 Å². The van der Waals surface area contributed by atoms with Gasteiger partial charge in [0.1, 0.15) is 5.54 Å². The summed E-state index contributed by atoms with van der Waals surface area (Å²) in [6.07, 6.45) is 4.39. The van der Waals surface area contributed by atoms with Crippen molar-refractivity contribution in [3.8, 4) is 0 Å². The molecule has 4 rings (SSSR count). The number of nitrogens with one attached hydrogen (secondary N) is 3. The van der Waals surface area contributed by atoms with E-state index >= 15 is 0 Å². The number of rotatable bonds is 2. The van der Waals surface area contributed by atoms with Crippen LogP contribution in [0, 0.1) is 5.92 Å². The number of anilines is 2. The van der Waals surface area contributed by atoms with Gasteiger partial charge in [0.25, 0.3) is 0 Å². The van der Waals surface area contributed by atoms with Gasteiger partial charge in [0.2, 0.25) is 5.91 Å². The first-order valence-corrected chi connectivity index (χ1v) is 8.87. The Kier molecular flexibility index (Phi) is 3.99. The fraction of sp³-hybridized carbons (Fsp3) is 0.611. The highest BCUT2D eigenvalue weighted by Crippen LogP contribution is 2.36. The summed E-state index contributed by atoms with van der Waals surface area (Å²) < 4.78 is 0. The van der Waals surface area contributed by atoms with Crippen LogP contribution in [-0.4, -0.2) is 49.1 Å². The highest BCUT2D eigenvalue weighted by atomic mass is 16.2. The zero-order chi connectivity index (χ0) is 15.7. The van der Waals surface area contributed by atoms with E-state index in [4.69, 9.17) is 0 Å². The van der Waals surface area contributed by atoms with Gasteiger partial charge in [0, 0.05) is 19.6 Å². The number of likely N-dealkylation sites (tertiary alicyclic amines) is 1. The normalized spacial score (nSPS) is 27.1. The van der Waals surface area contributed by atoms with Crippen molar-refractivity contribution in [3.63, 3.8) is 0 Å². The number of nitrogens with zero attached hydrogens (tertiary/aromatic N) is 1. The number of amides is 1. The quantitative estimate of drug-likeness (QED) is 0.780. The smallest absolute Gasteiger partial charge is 0.250 e. The van der Waals surface area contributed by atoms with Crippen LogP contribution in [0.4, 0.5) is 11.4 Å². The molecule has 3 aliphatic heterocycles. The van der Waals surface area contributed by atoms with Crippen molar-refractivity contribution in [1.82, 2.24) is 10.2 Å². The minimum atomic E-state index is -0.421. The van der Waals surface area contributed by atoms with Crippen LogP contribution in [0.15, 0.2) is 24.3 Å². The Bertz CT molecular complexity index is 574. The van der Waals surface area contributed by atoms with Gasteiger partial charge in [0.15, 0.2) is 0 Å². The first-order valence-electron chi connectivity index (χ1n) is 8.87. The van der Waals surface area contributed by atoms with Crippen molar-refractivity contribution < 1.29 is 4.79 Å². The molecule has 1 spiro atoms. The molecule has 0 aliphatic carbocycles. The summed E-state index contributed by atoms with van der Waals surface area (Å²) in [5.41, 5.74) is 1.53. The molecule has 0 radical (unpaired) electrons. The van der Waals surface area contributed by atoms with E-state index in [1.54, 1.807) is 0 Å². The summed E-state index contributed by atoms with van der Waals surface area (Å²) in [4.78, 5) is 15.2. The SMILES string of the molecule is O=C1Nc2ccccc2NC12CCN(C[C@H]1CCCNC1)CC2. The van der Waals surface area contributed by atoms with E-state index in [1.165, 1.54) is 25.9 Å². The summed E-state index contributed by atoms with van der Waals surface area (Å²) in [7, 11) is 0. The molecular formula is C18H26N4O. The van der Waals surface area contributed by atoms with Crippen molar-refractivity contribution >= 4 is 17.3 Å². The Hall–Kier alpha value is -1.59. The van der Waals surface area contributed by atoms with Gasteiger partial charge in [-0.3, -0.25) is 4.79 Å². The van der Waals surface area contributed by atoms with Crippen molar-refractivity contribution in [2.75, 3.05) is 43.4 Å². The number of hydrogen-bond donors (Lipinski definition) is 3. The fourth-order valence-electron chi connectivity index (χ4n) is 4.17. The Morgan fingerprint density at radius 2 is 1.96 bits per heavy atom. The number of fused-ring (bicyclic) bond motifs is 1. The predicted molar refractivity (Wildman–Crippen MR) is 92.7 cm³/mol. The Morgan fingerprint density at radius 1 is 1.17 bits per heavy atom. The van der Waals surface area contributed by atoms with Crippen molar-refractivity contribution in [1.29, 1.82) is 0 Å². The molecule has 2 saturated heterocycles. The topological polar surface area (TPSA) is 56.4 Å². The molecule has 0 saturated carbocycles. The second-order valence-electron chi connectivity index (χ2n) is 7.22. The highest BCUT2D eigenvalue weighted by molar-refractivity contribution is 6.06. The Balaban J connectivity index is 1.39. The molecule has 124 valence electrons. The van der Waals surface area contributed by atoms with E-state index in [9.17, 15) is 4.79 Å². The summed E-state index contributed by atoms with van der Waals surface area (Å²) in [6.45, 7) is 5.48. The number of hydrogen-bond acceptors (Lipinski definition) is 4. The average Bonchev–Trinajstić information content (AvgIpc) is 2.59. The van der Waals surface area contributed by atoms with Crippen LogP contribution in [0.5, 0.6) is 0 Å². The van der Waals surface area contributed by atoms with Crippen LogP contribution in [0.2, 0.25) is 0 Å². The van der Waals surface area contributed by atoms with Gasteiger partial charge in [-0.2, -0.15) is 0 Å². The lowest BCUT2D eigenvalue weighted by Crippen LogP contribution is -2.58. The Labute approximate surface area is 137 Å². The molecule has 5 nitrogen and oxygen atoms in total. The summed E-state index contributed by atoms with van der Waals surface area (Å²) in [6, 6.07) is 7.98. The lowest BCUT2D eigenvalue weighted by atomic mass is 9.84. The standard InChI is InChI=1S/C18H26N4O/c23-17-18(21-16-6-2-1-5-15(16)20-17)7-10-22(11-8-18)13-14-4-3-9-19-12-14/h1-2,5-6,14,19,21H,3-4,7-13H2,(H,20,23)/t14-/m0/s1. The third-order valence-electron chi connectivity index (χ3n) is 5.61. The fourth-order valence-corrected chi connectivity index (χ4v) is 4.17. The molecule has 1 atom stereocenters. The zero-order valence-electron chi connectivity index (χ0n) is 13.6. The largest absolute Gasteiger partial charge is 0.369 e. The van der Waals surface area contributed by atoms with Gasteiger partial charge in [0.05, 0.1) is 11.4 Å². The zero-order valence-corrected chi connectivity index (χ0v) is 13.6. The molecule has 3 heterocycles. The molecule has 5 heteroatoms. The minimum absolute atomic E-state index is 0.134. The third-order valence-corrected chi connectivity index (χ3v) is 5.61. The summed E-state index contributed by atoms with van der Waals surface area (Å²) >= 11 is 0. The van der Waals surface area contributed by atoms with Gasteiger partial charge in [-0.05, 0) is 56.8 Å². The molecule has 2 fully saturated rings. The predicted octanol–water partition coefficient (Wildman–Crippen LogP) is 1.88. The molecule has 1 aromatic carbocycles. The van der Waals surface area contributed by atoms with Crippen molar-refractivity contribution in [2.45, 2.75) is 31.2 Å². The first kappa shape index (κ1) is 15.0. The number of benzene rings is 1. The molecule has 3 N–H and O–H groups in total. The first-order chi connectivity index (χ1) is 11.3. The average molecular weight is 314 g/mol. The van der Waals surface area contributed by atoms with Gasteiger partial charge in [-0.25, -0.2) is 0 Å². The molecule has 3 aliphatic rings. The molecule has 0 aromatic heterocycles. The van der Waals surface area contributed by atoms with Crippen LogP contribution >= 0.6 is 0 Å². The summed E-state index contributed by atoms with van der Waals surface area (Å²) in [5, 5.41) is 10.1. The molecule has 0 bridgehead atoms. The van der Waals surface area contributed by atoms with Crippen molar-refractivity contribution in [3.05, 3.63) is 24.3 Å². The molecular weight excluding hydrogens is 288 g/mol. The number of carbonyl (C=O) groups excluding carboxylic acids is 1. The maximum Gasteiger partial charge on any atom is 0.250 e. The maximum atomic E-state index is 12.6. The number of para-hydroxylation sites is 2. The highest BCUT2D eigenvalue weighted by Gasteiger charge is 2.44. The molecule has 0 unspecified atom stereocenters. The van der Waals surface area contributed by atoms with E-state index < -0.39 is 5.54 Å². The summed E-state index contributed by atoms with van der Waals surface area (Å²) in [5.74, 6) is 0.904. The molecule has 1 amide bonds. The van der Waals surface area contributed by atoms with Crippen LogP contribution in [-0.2, 0) is 4.79 Å². The lowest BCUT2D eigenvalue weighted by Gasteiger charge is -2.45. The van der Waals surface area contributed by atoms with Crippen molar-refractivity contribution in [2.24, 2.45) is 5.92 Å². The Morgan fingerprint density at radius 3 is 2.70 bits per heavy atom. The minimum Gasteiger partial charge on any atom is -0.369 e. The molecule has 1 aromatic rings. The van der Waals surface area contributed by atoms with E-state index in [2.05, 4.69) is 26.9 Å². The van der Waals surface area contributed by atoms with Gasteiger partial charge in [-0.15, -0.1) is 0 Å². The number of piperidine rings is 2. The van der Waals surface area contributed by atoms with Crippen LogP contribution in [0.25, 0.3) is 0 Å². The van der Waals surface area contributed by atoms with Gasteiger partial charge >= 0.3 is 0 Å². The van der Waals surface area contributed by atoms with Crippen LogP contribution in [0.3, 0.4) is 0 Å². The second-order valence-corrected chi connectivity index (χ2v) is 7.22. The van der Waals surface area contributed by atoms with Gasteiger partial charge < -0.3 is 20.9 Å².